The summed E-state index contributed by atoms with van der Waals surface area (Å²) in [5.41, 5.74) is -1.51. The molecule has 0 radical (unpaired) electrons. The van der Waals surface area contributed by atoms with Crippen LogP contribution in [0.3, 0.4) is 0 Å². The van der Waals surface area contributed by atoms with Crippen LogP contribution in [0.15, 0.2) is 41.6 Å². The van der Waals surface area contributed by atoms with Crippen LogP contribution in [0, 0.1) is 0 Å². The van der Waals surface area contributed by atoms with Crippen LogP contribution in [0.25, 0.3) is 16.7 Å². The fourth-order valence-corrected chi connectivity index (χ4v) is 2.72. The van der Waals surface area contributed by atoms with Gasteiger partial charge in [0.2, 0.25) is 5.91 Å². The van der Waals surface area contributed by atoms with E-state index in [1.807, 2.05) is 20.8 Å². The van der Waals surface area contributed by atoms with Gasteiger partial charge < -0.3 is 5.32 Å². The first-order valence-corrected chi connectivity index (χ1v) is 8.93. The van der Waals surface area contributed by atoms with E-state index in [0.29, 0.717) is 6.42 Å². The van der Waals surface area contributed by atoms with E-state index >= 15 is 0 Å². The van der Waals surface area contributed by atoms with Gasteiger partial charge in [-0.25, -0.2) is 9.67 Å². The first-order chi connectivity index (χ1) is 13.5. The molecule has 0 aliphatic heterocycles. The van der Waals surface area contributed by atoms with Gasteiger partial charge in [0.1, 0.15) is 18.3 Å². The Hall–Kier alpha value is -3.17. The van der Waals surface area contributed by atoms with E-state index in [4.69, 9.17) is 0 Å². The summed E-state index contributed by atoms with van der Waals surface area (Å²) in [7, 11) is 0. The van der Waals surface area contributed by atoms with E-state index in [-0.39, 0.29) is 29.2 Å². The normalized spacial score (nSPS) is 12.3. The standard InChI is InChI=1S/C19H20F3N5O2/c1-4-18(2,3)25-15(28)10-26-11-23-16-14(17(26)29)9-24-27(16)13-7-5-6-12(8-13)19(20,21)22/h5-9,11H,4,10H2,1-3H3,(H,25,28). The van der Waals surface area contributed by atoms with Crippen molar-refractivity contribution in [1.29, 1.82) is 0 Å². The van der Waals surface area contributed by atoms with Crippen molar-refractivity contribution in [3.05, 3.63) is 52.7 Å². The van der Waals surface area contributed by atoms with Gasteiger partial charge in [-0.2, -0.15) is 18.3 Å². The largest absolute Gasteiger partial charge is 0.416 e. The number of alkyl halides is 3. The Labute approximate surface area is 164 Å². The number of amides is 1. The fraction of sp³-hybridized carbons (Fsp3) is 0.368. The predicted octanol–water partition coefficient (Wildman–Crippen LogP) is 2.91. The van der Waals surface area contributed by atoms with Crippen molar-refractivity contribution in [3.63, 3.8) is 0 Å². The number of hydrogen-bond acceptors (Lipinski definition) is 4. The zero-order valence-electron chi connectivity index (χ0n) is 16.1. The van der Waals surface area contributed by atoms with Gasteiger partial charge in [-0.3, -0.25) is 14.2 Å². The van der Waals surface area contributed by atoms with E-state index in [1.54, 1.807) is 0 Å². The second kappa shape index (κ2) is 7.34. The van der Waals surface area contributed by atoms with Gasteiger partial charge in [0.05, 0.1) is 17.4 Å². The van der Waals surface area contributed by atoms with Crippen molar-refractivity contribution >= 4 is 16.9 Å². The molecule has 1 N–H and O–H groups in total. The third-order valence-corrected chi connectivity index (χ3v) is 4.65. The maximum Gasteiger partial charge on any atom is 0.416 e. The van der Waals surface area contributed by atoms with Crippen LogP contribution >= 0.6 is 0 Å². The number of nitrogens with one attached hydrogen (secondary N) is 1. The molecular weight excluding hydrogens is 387 g/mol. The van der Waals surface area contributed by atoms with Crippen molar-refractivity contribution in [3.8, 4) is 5.69 Å². The van der Waals surface area contributed by atoms with Crippen LogP contribution in [-0.2, 0) is 17.5 Å². The van der Waals surface area contributed by atoms with Crippen molar-refractivity contribution < 1.29 is 18.0 Å². The number of fused-ring (bicyclic) bond motifs is 1. The average Bonchev–Trinajstić information content (AvgIpc) is 3.08. The molecule has 0 spiro atoms. The number of halogens is 3. The molecule has 0 saturated heterocycles. The lowest BCUT2D eigenvalue weighted by molar-refractivity contribution is -0.137. The third-order valence-electron chi connectivity index (χ3n) is 4.65. The van der Waals surface area contributed by atoms with Crippen molar-refractivity contribution in [2.75, 3.05) is 0 Å². The molecular formula is C19H20F3N5O2. The summed E-state index contributed by atoms with van der Waals surface area (Å²) in [5, 5.41) is 6.95. The average molecular weight is 407 g/mol. The quantitative estimate of drug-likeness (QED) is 0.705. The fourth-order valence-electron chi connectivity index (χ4n) is 2.72. The summed E-state index contributed by atoms with van der Waals surface area (Å²) < 4.78 is 41.2. The first kappa shape index (κ1) is 20.6. The highest BCUT2D eigenvalue weighted by atomic mass is 19.4. The highest BCUT2D eigenvalue weighted by Crippen LogP contribution is 2.30. The minimum Gasteiger partial charge on any atom is -0.350 e. The predicted molar refractivity (Wildman–Crippen MR) is 101 cm³/mol. The summed E-state index contributed by atoms with van der Waals surface area (Å²) in [6.07, 6.45) is -1.36. The number of nitrogens with zero attached hydrogens (tertiary/aromatic N) is 4. The lowest BCUT2D eigenvalue weighted by Crippen LogP contribution is -2.45. The summed E-state index contributed by atoms with van der Waals surface area (Å²) >= 11 is 0. The second-order valence-electron chi connectivity index (χ2n) is 7.30. The maximum atomic E-state index is 13.0. The Bertz CT molecular complexity index is 1110. The van der Waals surface area contributed by atoms with Gasteiger partial charge in [-0.15, -0.1) is 0 Å². The molecule has 2 aromatic heterocycles. The Kier molecular flexibility index (Phi) is 5.20. The SMILES string of the molecule is CCC(C)(C)NC(=O)Cn1cnc2c(cnn2-c2cccc(C(F)(F)F)c2)c1=O. The lowest BCUT2D eigenvalue weighted by Gasteiger charge is -2.24. The van der Waals surface area contributed by atoms with Gasteiger partial charge in [0.15, 0.2) is 5.65 Å². The van der Waals surface area contributed by atoms with Crippen molar-refractivity contribution in [2.45, 2.75) is 45.5 Å². The number of hydrogen-bond donors (Lipinski definition) is 1. The molecule has 3 rings (SSSR count). The maximum absolute atomic E-state index is 13.0. The van der Waals surface area contributed by atoms with Crippen LogP contribution in [0.5, 0.6) is 0 Å². The van der Waals surface area contributed by atoms with Gasteiger partial charge in [-0.05, 0) is 38.5 Å². The molecule has 0 saturated carbocycles. The van der Waals surface area contributed by atoms with Crippen molar-refractivity contribution in [2.24, 2.45) is 0 Å². The molecule has 0 aliphatic rings. The molecule has 29 heavy (non-hydrogen) atoms. The van der Waals surface area contributed by atoms with Gasteiger partial charge in [0, 0.05) is 5.54 Å². The third kappa shape index (κ3) is 4.30. The summed E-state index contributed by atoms with van der Waals surface area (Å²) in [6.45, 7) is 5.45. The molecule has 2 heterocycles. The summed E-state index contributed by atoms with van der Waals surface area (Å²) in [6, 6.07) is 4.58. The Morgan fingerprint density at radius 3 is 2.62 bits per heavy atom. The van der Waals surface area contributed by atoms with E-state index in [0.717, 1.165) is 21.4 Å². The smallest absolute Gasteiger partial charge is 0.350 e. The molecule has 0 atom stereocenters. The zero-order chi connectivity index (χ0) is 21.4. The topological polar surface area (TPSA) is 81.8 Å². The van der Waals surface area contributed by atoms with E-state index < -0.39 is 22.8 Å². The molecule has 0 aliphatic carbocycles. The number of aromatic nitrogens is 4. The minimum atomic E-state index is -4.50. The molecule has 0 bridgehead atoms. The molecule has 3 aromatic rings. The minimum absolute atomic E-state index is 0.104. The monoisotopic (exact) mass is 407 g/mol. The molecule has 7 nitrogen and oxygen atoms in total. The van der Waals surface area contributed by atoms with Crippen LogP contribution in [0.2, 0.25) is 0 Å². The van der Waals surface area contributed by atoms with Gasteiger partial charge >= 0.3 is 6.18 Å². The Morgan fingerprint density at radius 1 is 1.24 bits per heavy atom. The van der Waals surface area contributed by atoms with Crippen molar-refractivity contribution in [1.82, 2.24) is 24.6 Å². The van der Waals surface area contributed by atoms with Crippen LogP contribution in [0.1, 0.15) is 32.8 Å². The molecule has 1 amide bonds. The van der Waals surface area contributed by atoms with Gasteiger partial charge in [-0.1, -0.05) is 13.0 Å². The van der Waals surface area contributed by atoms with Gasteiger partial charge in [0.25, 0.3) is 5.56 Å². The lowest BCUT2D eigenvalue weighted by atomic mass is 10.0. The first-order valence-electron chi connectivity index (χ1n) is 8.93. The Morgan fingerprint density at radius 2 is 1.97 bits per heavy atom. The molecule has 0 fully saturated rings. The molecule has 1 aromatic carbocycles. The highest BCUT2D eigenvalue weighted by Gasteiger charge is 2.30. The number of carbonyl (C=O) groups excluding carboxylic acids is 1. The van der Waals surface area contributed by atoms with Crippen LogP contribution in [0.4, 0.5) is 13.2 Å². The second-order valence-corrected chi connectivity index (χ2v) is 7.30. The Balaban J connectivity index is 1.95. The van der Waals surface area contributed by atoms with Crippen LogP contribution in [-0.4, -0.2) is 30.8 Å². The molecule has 10 heteroatoms. The highest BCUT2D eigenvalue weighted by molar-refractivity contribution is 5.78. The number of rotatable bonds is 5. The summed E-state index contributed by atoms with van der Waals surface area (Å²) in [5.74, 6) is -0.342. The van der Waals surface area contributed by atoms with E-state index in [2.05, 4.69) is 15.4 Å². The molecule has 0 unspecified atom stereocenters. The van der Waals surface area contributed by atoms with Crippen LogP contribution < -0.4 is 10.9 Å². The molecule has 154 valence electrons. The summed E-state index contributed by atoms with van der Waals surface area (Å²) in [4.78, 5) is 29.0. The van der Waals surface area contributed by atoms with E-state index in [1.165, 1.54) is 24.7 Å². The van der Waals surface area contributed by atoms with E-state index in [9.17, 15) is 22.8 Å². The number of benzene rings is 1. The zero-order valence-corrected chi connectivity index (χ0v) is 16.1. The number of carbonyl (C=O) groups is 1.